The molecule has 2 atom stereocenters. The van der Waals surface area contributed by atoms with Crippen LogP contribution in [0.1, 0.15) is 31.2 Å². The van der Waals surface area contributed by atoms with Crippen molar-refractivity contribution in [1.82, 2.24) is 5.32 Å². The third kappa shape index (κ3) is 2.23. The first-order valence-electron chi connectivity index (χ1n) is 7.09. The summed E-state index contributed by atoms with van der Waals surface area (Å²) in [6.07, 6.45) is 3.65. The van der Waals surface area contributed by atoms with Crippen LogP contribution in [-0.2, 0) is 6.54 Å². The van der Waals surface area contributed by atoms with Crippen molar-refractivity contribution in [3.05, 3.63) is 29.6 Å². The van der Waals surface area contributed by atoms with Crippen molar-refractivity contribution in [2.75, 3.05) is 11.9 Å². The Balaban J connectivity index is 1.96. The molecule has 2 saturated heterocycles. The maximum atomic E-state index is 14.0. The summed E-state index contributed by atoms with van der Waals surface area (Å²) in [5.74, 6) is -0.141. The van der Waals surface area contributed by atoms with Crippen molar-refractivity contribution in [3.63, 3.8) is 0 Å². The predicted molar refractivity (Wildman–Crippen MR) is 73.7 cm³/mol. The molecule has 2 aliphatic heterocycles. The minimum atomic E-state index is -0.185. The Labute approximate surface area is 113 Å². The average Bonchev–Trinajstić information content (AvgIpc) is 2.64. The number of nitrogens with one attached hydrogen (secondary N) is 1. The zero-order chi connectivity index (χ0) is 13.4. The van der Waals surface area contributed by atoms with Crippen molar-refractivity contribution in [3.8, 4) is 0 Å². The lowest BCUT2D eigenvalue weighted by molar-refractivity contribution is 0.126. The van der Waals surface area contributed by atoms with E-state index < -0.39 is 0 Å². The Morgan fingerprint density at radius 3 is 2.63 bits per heavy atom. The van der Waals surface area contributed by atoms with Gasteiger partial charge < -0.3 is 15.3 Å². The largest absolute Gasteiger partial charge is 0.393 e. The average molecular weight is 264 g/mol. The molecule has 4 heteroatoms. The second kappa shape index (κ2) is 5.10. The summed E-state index contributed by atoms with van der Waals surface area (Å²) in [6.45, 7) is 0.542. The van der Waals surface area contributed by atoms with E-state index in [1.165, 1.54) is 6.07 Å². The molecule has 2 N–H and O–H groups in total. The number of aliphatic hydroxyl groups excluding tert-OH is 1. The van der Waals surface area contributed by atoms with Gasteiger partial charge in [0.2, 0.25) is 0 Å². The van der Waals surface area contributed by atoms with E-state index in [1.54, 1.807) is 6.07 Å². The van der Waals surface area contributed by atoms with Gasteiger partial charge in [-0.2, -0.15) is 0 Å². The number of anilines is 1. The van der Waals surface area contributed by atoms with Gasteiger partial charge in [-0.05, 0) is 44.9 Å². The summed E-state index contributed by atoms with van der Waals surface area (Å²) in [4.78, 5) is 2.35. The summed E-state index contributed by atoms with van der Waals surface area (Å²) in [6, 6.07) is 6.06. The Morgan fingerprint density at radius 2 is 2.00 bits per heavy atom. The van der Waals surface area contributed by atoms with Gasteiger partial charge in [-0.1, -0.05) is 6.07 Å². The van der Waals surface area contributed by atoms with E-state index in [9.17, 15) is 9.50 Å². The van der Waals surface area contributed by atoms with E-state index in [2.05, 4.69) is 10.2 Å². The summed E-state index contributed by atoms with van der Waals surface area (Å²) >= 11 is 0. The molecule has 3 rings (SSSR count). The van der Waals surface area contributed by atoms with E-state index in [1.807, 2.05) is 13.1 Å². The fraction of sp³-hybridized carbons (Fsp3) is 0.600. The van der Waals surface area contributed by atoms with Crippen molar-refractivity contribution in [2.24, 2.45) is 0 Å². The van der Waals surface area contributed by atoms with Gasteiger partial charge in [0.1, 0.15) is 5.82 Å². The van der Waals surface area contributed by atoms with Crippen LogP contribution in [0, 0.1) is 5.82 Å². The fourth-order valence-corrected chi connectivity index (χ4v) is 3.68. The lowest BCUT2D eigenvalue weighted by Gasteiger charge is -2.40. The van der Waals surface area contributed by atoms with Crippen molar-refractivity contribution in [2.45, 2.75) is 50.4 Å². The van der Waals surface area contributed by atoms with Gasteiger partial charge in [0.25, 0.3) is 0 Å². The normalized spacial score (nSPS) is 29.8. The molecular weight excluding hydrogens is 243 g/mol. The van der Waals surface area contributed by atoms with Gasteiger partial charge in [-0.15, -0.1) is 0 Å². The first-order chi connectivity index (χ1) is 9.20. The van der Waals surface area contributed by atoms with Crippen LogP contribution in [0.2, 0.25) is 0 Å². The maximum absolute atomic E-state index is 14.0. The van der Waals surface area contributed by atoms with Gasteiger partial charge in [0.05, 0.1) is 6.10 Å². The number of benzene rings is 1. The summed E-state index contributed by atoms with van der Waals surface area (Å²) in [7, 11) is 1.84. The highest BCUT2D eigenvalue weighted by molar-refractivity contribution is 5.57. The van der Waals surface area contributed by atoms with Crippen molar-refractivity contribution in [1.29, 1.82) is 0 Å². The Bertz CT molecular complexity index is 451. The lowest BCUT2D eigenvalue weighted by Crippen LogP contribution is -2.45. The molecule has 3 nitrogen and oxygen atoms in total. The number of hydrogen-bond donors (Lipinski definition) is 2. The zero-order valence-electron chi connectivity index (χ0n) is 11.3. The number of aliphatic hydroxyl groups is 1. The number of halogens is 1. The summed E-state index contributed by atoms with van der Waals surface area (Å²) in [5, 5.41) is 12.9. The van der Waals surface area contributed by atoms with Crippen molar-refractivity contribution < 1.29 is 9.50 Å². The molecule has 2 heterocycles. The smallest absolute Gasteiger partial charge is 0.129 e. The van der Waals surface area contributed by atoms with E-state index in [4.69, 9.17) is 0 Å². The molecule has 2 unspecified atom stereocenters. The Kier molecular flexibility index (Phi) is 3.46. The fourth-order valence-electron chi connectivity index (χ4n) is 3.68. The van der Waals surface area contributed by atoms with Crippen LogP contribution in [0.3, 0.4) is 0 Å². The SMILES string of the molecule is CNCc1c(F)cccc1N1C2CCC1CC(O)C2. The van der Waals surface area contributed by atoms with Gasteiger partial charge in [0, 0.05) is 29.9 Å². The molecule has 0 aromatic heterocycles. The Hall–Kier alpha value is -1.13. The van der Waals surface area contributed by atoms with Crippen molar-refractivity contribution >= 4 is 5.69 Å². The summed E-state index contributed by atoms with van der Waals surface area (Å²) < 4.78 is 14.0. The highest BCUT2D eigenvalue weighted by Gasteiger charge is 2.41. The molecule has 104 valence electrons. The maximum Gasteiger partial charge on any atom is 0.129 e. The molecule has 2 bridgehead atoms. The van der Waals surface area contributed by atoms with Gasteiger partial charge in [0.15, 0.2) is 0 Å². The van der Waals surface area contributed by atoms with Gasteiger partial charge in [-0.3, -0.25) is 0 Å². The topological polar surface area (TPSA) is 35.5 Å². The second-order valence-corrected chi connectivity index (χ2v) is 5.69. The molecule has 0 spiro atoms. The highest BCUT2D eigenvalue weighted by atomic mass is 19.1. The van der Waals surface area contributed by atoms with E-state index in [-0.39, 0.29) is 11.9 Å². The summed E-state index contributed by atoms with van der Waals surface area (Å²) in [5.41, 5.74) is 1.76. The molecule has 0 amide bonds. The van der Waals surface area contributed by atoms with Crippen LogP contribution >= 0.6 is 0 Å². The number of rotatable bonds is 3. The standard InChI is InChI=1S/C15H21FN2O/c1-17-9-13-14(16)3-2-4-15(13)18-10-5-6-11(18)8-12(19)7-10/h2-4,10-12,17,19H,5-9H2,1H3. The van der Waals surface area contributed by atoms with Gasteiger partial charge >= 0.3 is 0 Å². The van der Waals surface area contributed by atoms with Gasteiger partial charge in [-0.25, -0.2) is 4.39 Å². The minimum Gasteiger partial charge on any atom is -0.393 e. The highest BCUT2D eigenvalue weighted by Crippen LogP contribution is 2.41. The molecular formula is C15H21FN2O. The molecule has 2 fully saturated rings. The number of piperidine rings is 1. The first-order valence-corrected chi connectivity index (χ1v) is 7.09. The minimum absolute atomic E-state index is 0.141. The molecule has 1 aromatic carbocycles. The zero-order valence-corrected chi connectivity index (χ0v) is 11.3. The Morgan fingerprint density at radius 1 is 1.32 bits per heavy atom. The van der Waals surface area contributed by atoms with Crippen LogP contribution in [0.15, 0.2) is 18.2 Å². The number of fused-ring (bicyclic) bond motifs is 2. The van der Waals surface area contributed by atoms with E-state index in [0.29, 0.717) is 18.6 Å². The molecule has 1 aromatic rings. The monoisotopic (exact) mass is 264 g/mol. The molecule has 0 radical (unpaired) electrons. The van der Waals surface area contributed by atoms with E-state index >= 15 is 0 Å². The lowest BCUT2D eigenvalue weighted by atomic mass is 9.97. The molecule has 19 heavy (non-hydrogen) atoms. The third-order valence-corrected chi connectivity index (χ3v) is 4.43. The van der Waals surface area contributed by atoms with Crippen LogP contribution in [-0.4, -0.2) is 30.3 Å². The van der Waals surface area contributed by atoms with Crippen LogP contribution in [0.4, 0.5) is 10.1 Å². The second-order valence-electron chi connectivity index (χ2n) is 5.69. The number of nitrogens with zero attached hydrogens (tertiary/aromatic N) is 1. The number of hydrogen-bond acceptors (Lipinski definition) is 3. The third-order valence-electron chi connectivity index (χ3n) is 4.43. The van der Waals surface area contributed by atoms with E-state index in [0.717, 1.165) is 36.9 Å². The van der Waals surface area contributed by atoms with Crippen LogP contribution in [0.25, 0.3) is 0 Å². The molecule has 0 saturated carbocycles. The quantitative estimate of drug-likeness (QED) is 0.877. The van der Waals surface area contributed by atoms with Crippen LogP contribution in [0.5, 0.6) is 0 Å². The van der Waals surface area contributed by atoms with Crippen LogP contribution < -0.4 is 10.2 Å². The molecule has 2 aliphatic rings. The first kappa shape index (κ1) is 12.9. The predicted octanol–water partition coefficient (Wildman–Crippen LogP) is 2.04. The molecule has 0 aliphatic carbocycles.